The number of hydrogen-bond donors (Lipinski definition) is 2. The third-order valence-electron chi connectivity index (χ3n) is 3.87. The lowest BCUT2D eigenvalue weighted by Crippen LogP contribution is -2.17. The Morgan fingerprint density at radius 1 is 1.00 bits per heavy atom. The first-order valence-corrected chi connectivity index (χ1v) is 7.87. The zero-order valence-electron chi connectivity index (χ0n) is 14.7. The van der Waals surface area contributed by atoms with Crippen LogP contribution in [0.3, 0.4) is 0 Å². The fourth-order valence-corrected chi connectivity index (χ4v) is 2.50. The van der Waals surface area contributed by atoms with Gasteiger partial charge in [0.2, 0.25) is 0 Å². The Labute approximate surface area is 150 Å². The van der Waals surface area contributed by atoms with Crippen LogP contribution >= 0.6 is 0 Å². The van der Waals surface area contributed by atoms with Gasteiger partial charge in [-0.1, -0.05) is 0 Å². The van der Waals surface area contributed by atoms with Crippen molar-refractivity contribution < 1.29 is 19.0 Å². The van der Waals surface area contributed by atoms with Crippen molar-refractivity contribution in [1.29, 1.82) is 0 Å². The topological polar surface area (TPSA) is 84.9 Å². The number of nitrogens with zero attached hydrogens (tertiary/aromatic N) is 1. The number of methoxy groups -OCH3 is 3. The van der Waals surface area contributed by atoms with Crippen LogP contribution in [0.1, 0.15) is 16.1 Å². The van der Waals surface area contributed by atoms with E-state index in [1.165, 1.54) is 0 Å². The maximum atomic E-state index is 12.3. The van der Waals surface area contributed by atoms with Gasteiger partial charge in [0.05, 0.1) is 33.1 Å². The quantitative estimate of drug-likeness (QED) is 0.527. The second kappa shape index (κ2) is 7.60. The van der Waals surface area contributed by atoms with Crippen LogP contribution in [0.25, 0.3) is 10.9 Å². The summed E-state index contributed by atoms with van der Waals surface area (Å²) in [5.41, 5.74) is 4.46. The van der Waals surface area contributed by atoms with Crippen LogP contribution in [0.4, 0.5) is 0 Å². The van der Waals surface area contributed by atoms with Gasteiger partial charge in [0.15, 0.2) is 0 Å². The van der Waals surface area contributed by atoms with Crippen molar-refractivity contribution in [3.8, 4) is 17.2 Å². The molecular formula is C19H19N3O4. The molecule has 0 fully saturated rings. The van der Waals surface area contributed by atoms with Crippen LogP contribution in [0, 0.1) is 0 Å². The van der Waals surface area contributed by atoms with Gasteiger partial charge < -0.3 is 19.2 Å². The van der Waals surface area contributed by atoms with Gasteiger partial charge in [0.1, 0.15) is 22.9 Å². The second-order valence-electron chi connectivity index (χ2n) is 5.45. The number of amides is 1. The summed E-state index contributed by atoms with van der Waals surface area (Å²) in [7, 11) is 4.75. The number of carbonyl (C=O) groups excluding carboxylic acids is 1. The zero-order valence-corrected chi connectivity index (χ0v) is 14.7. The number of H-pyrrole nitrogens is 1. The number of hydrogen-bond acceptors (Lipinski definition) is 5. The Morgan fingerprint density at radius 3 is 2.38 bits per heavy atom. The van der Waals surface area contributed by atoms with E-state index in [9.17, 15) is 4.79 Å². The molecule has 0 bridgehead atoms. The highest BCUT2D eigenvalue weighted by atomic mass is 16.5. The normalized spacial score (nSPS) is 10.9. The van der Waals surface area contributed by atoms with E-state index in [-0.39, 0.29) is 5.91 Å². The first-order chi connectivity index (χ1) is 12.6. The van der Waals surface area contributed by atoms with Gasteiger partial charge in [0.25, 0.3) is 5.91 Å². The molecule has 0 aliphatic carbocycles. The average molecular weight is 353 g/mol. The molecule has 0 aliphatic heterocycles. The Bertz CT molecular complexity index is 945. The van der Waals surface area contributed by atoms with E-state index in [0.29, 0.717) is 17.2 Å². The first kappa shape index (κ1) is 17.3. The number of aromatic nitrogens is 1. The molecule has 26 heavy (non-hydrogen) atoms. The maximum Gasteiger partial charge on any atom is 0.287 e. The summed E-state index contributed by atoms with van der Waals surface area (Å²) >= 11 is 0. The molecule has 3 rings (SSSR count). The molecule has 0 aliphatic rings. The van der Waals surface area contributed by atoms with Gasteiger partial charge in [0, 0.05) is 17.5 Å². The molecule has 1 heterocycles. The molecule has 0 unspecified atom stereocenters. The van der Waals surface area contributed by atoms with E-state index in [0.717, 1.165) is 22.2 Å². The minimum absolute atomic E-state index is 0.355. The highest BCUT2D eigenvalue weighted by Gasteiger charge is 2.13. The predicted octanol–water partition coefficient (Wildman–Crippen LogP) is 2.96. The van der Waals surface area contributed by atoms with Crippen molar-refractivity contribution in [1.82, 2.24) is 10.4 Å². The SMILES string of the molecule is COc1ccc(/C=N\NC(=O)c2cc3c(OC)cc(OC)cc3[nH]2)cc1. The maximum absolute atomic E-state index is 12.3. The molecule has 0 saturated carbocycles. The molecule has 0 spiro atoms. The Kier molecular flexibility index (Phi) is 5.07. The van der Waals surface area contributed by atoms with E-state index >= 15 is 0 Å². The molecule has 2 aromatic carbocycles. The summed E-state index contributed by atoms with van der Waals surface area (Å²) in [4.78, 5) is 15.4. The third kappa shape index (κ3) is 3.61. The van der Waals surface area contributed by atoms with Crippen LogP contribution < -0.4 is 19.6 Å². The fraction of sp³-hybridized carbons (Fsp3) is 0.158. The highest BCUT2D eigenvalue weighted by molar-refractivity contribution is 6.00. The molecule has 0 saturated heterocycles. The second-order valence-corrected chi connectivity index (χ2v) is 5.45. The zero-order chi connectivity index (χ0) is 18.5. The highest BCUT2D eigenvalue weighted by Crippen LogP contribution is 2.31. The molecule has 7 heteroatoms. The van der Waals surface area contributed by atoms with E-state index in [1.807, 2.05) is 24.3 Å². The number of hydrazone groups is 1. The molecule has 3 aromatic rings. The van der Waals surface area contributed by atoms with E-state index < -0.39 is 0 Å². The number of benzene rings is 2. The van der Waals surface area contributed by atoms with Crippen molar-refractivity contribution in [2.45, 2.75) is 0 Å². The smallest absolute Gasteiger partial charge is 0.287 e. The van der Waals surface area contributed by atoms with Gasteiger partial charge >= 0.3 is 0 Å². The van der Waals surface area contributed by atoms with Crippen LogP contribution in [0.2, 0.25) is 0 Å². The molecule has 0 atom stereocenters. The molecule has 1 aromatic heterocycles. The first-order valence-electron chi connectivity index (χ1n) is 7.87. The molecule has 0 radical (unpaired) electrons. The number of carbonyl (C=O) groups is 1. The predicted molar refractivity (Wildman–Crippen MR) is 99.5 cm³/mol. The molecule has 2 N–H and O–H groups in total. The van der Waals surface area contributed by atoms with E-state index in [4.69, 9.17) is 14.2 Å². The number of aromatic amines is 1. The summed E-state index contributed by atoms with van der Waals surface area (Å²) in [5.74, 6) is 1.66. The van der Waals surface area contributed by atoms with E-state index in [2.05, 4.69) is 15.5 Å². The van der Waals surface area contributed by atoms with Crippen molar-refractivity contribution in [2.75, 3.05) is 21.3 Å². The van der Waals surface area contributed by atoms with Crippen LogP contribution in [-0.2, 0) is 0 Å². The van der Waals surface area contributed by atoms with Crippen molar-refractivity contribution in [3.05, 3.63) is 53.7 Å². The van der Waals surface area contributed by atoms with Crippen LogP contribution in [0.15, 0.2) is 47.6 Å². The van der Waals surface area contributed by atoms with E-state index in [1.54, 1.807) is 45.7 Å². The number of ether oxygens (including phenoxy) is 3. The lowest BCUT2D eigenvalue weighted by Gasteiger charge is -2.04. The Balaban J connectivity index is 1.75. The van der Waals surface area contributed by atoms with Gasteiger partial charge in [-0.2, -0.15) is 5.10 Å². The number of nitrogens with one attached hydrogen (secondary N) is 2. The van der Waals surface area contributed by atoms with Gasteiger partial charge in [-0.15, -0.1) is 0 Å². The lowest BCUT2D eigenvalue weighted by molar-refractivity contribution is 0.0951. The van der Waals surface area contributed by atoms with Crippen LogP contribution in [-0.4, -0.2) is 38.4 Å². The molecule has 1 amide bonds. The Hall–Kier alpha value is -3.48. The largest absolute Gasteiger partial charge is 0.497 e. The molecule has 134 valence electrons. The summed E-state index contributed by atoms with van der Waals surface area (Å²) in [6.07, 6.45) is 1.56. The summed E-state index contributed by atoms with van der Waals surface area (Å²) in [6.45, 7) is 0. The Morgan fingerprint density at radius 2 is 1.73 bits per heavy atom. The molecule has 7 nitrogen and oxygen atoms in total. The number of fused-ring (bicyclic) bond motifs is 1. The van der Waals surface area contributed by atoms with Crippen LogP contribution in [0.5, 0.6) is 17.2 Å². The third-order valence-corrected chi connectivity index (χ3v) is 3.87. The monoisotopic (exact) mass is 353 g/mol. The van der Waals surface area contributed by atoms with Crippen molar-refractivity contribution >= 4 is 23.0 Å². The summed E-state index contributed by atoms with van der Waals surface area (Å²) < 4.78 is 15.7. The fourth-order valence-electron chi connectivity index (χ4n) is 2.50. The van der Waals surface area contributed by atoms with Crippen molar-refractivity contribution in [2.24, 2.45) is 5.10 Å². The minimum Gasteiger partial charge on any atom is -0.497 e. The summed E-state index contributed by atoms with van der Waals surface area (Å²) in [6, 6.07) is 12.6. The standard InChI is InChI=1S/C19H19N3O4/c1-24-13-6-4-12(5-7-13)11-20-22-19(23)17-10-15-16(21-17)8-14(25-2)9-18(15)26-3/h4-11,21H,1-3H3,(H,22,23)/b20-11-. The van der Waals surface area contributed by atoms with Gasteiger partial charge in [-0.3, -0.25) is 4.79 Å². The van der Waals surface area contributed by atoms with Crippen molar-refractivity contribution in [3.63, 3.8) is 0 Å². The minimum atomic E-state index is -0.355. The van der Waals surface area contributed by atoms with Gasteiger partial charge in [-0.05, 0) is 35.9 Å². The number of rotatable bonds is 6. The lowest BCUT2D eigenvalue weighted by atomic mass is 10.2. The summed E-state index contributed by atoms with van der Waals surface area (Å²) in [5, 5.41) is 4.77. The molecular weight excluding hydrogens is 334 g/mol. The average Bonchev–Trinajstić information content (AvgIpc) is 3.11. The van der Waals surface area contributed by atoms with Gasteiger partial charge in [-0.25, -0.2) is 5.43 Å².